The molecule has 0 unspecified atom stereocenters. The van der Waals surface area contributed by atoms with Crippen molar-refractivity contribution in [2.24, 2.45) is 17.8 Å². The van der Waals surface area contributed by atoms with Gasteiger partial charge in [0, 0.05) is 29.1 Å². The Morgan fingerprint density at radius 1 is 1.15 bits per heavy atom. The van der Waals surface area contributed by atoms with E-state index in [0.717, 1.165) is 67.2 Å². The first-order valence-corrected chi connectivity index (χ1v) is 16.7. The average molecular weight is 595 g/mol. The van der Waals surface area contributed by atoms with Crippen molar-refractivity contribution in [1.29, 1.82) is 0 Å². The molecule has 1 spiro atoms. The van der Waals surface area contributed by atoms with Crippen LogP contribution in [0.15, 0.2) is 60.7 Å². The van der Waals surface area contributed by atoms with E-state index in [1.165, 1.54) is 11.1 Å². The number of allylic oxidation sites excluding steroid dienone is 3. The smallest absolute Gasteiger partial charge is 0.264 e. The van der Waals surface area contributed by atoms with Crippen LogP contribution in [0.5, 0.6) is 5.75 Å². The number of sulfonamides is 1. The summed E-state index contributed by atoms with van der Waals surface area (Å²) in [5.41, 5.74) is 4.62. The van der Waals surface area contributed by atoms with Crippen LogP contribution in [0.25, 0.3) is 0 Å². The first kappa shape index (κ1) is 28.4. The second-order valence-corrected chi connectivity index (χ2v) is 15.1. The number of ether oxygens (including phenoxy) is 1. The summed E-state index contributed by atoms with van der Waals surface area (Å²) < 4.78 is 35.2. The third-order valence-corrected chi connectivity index (χ3v) is 12.2. The number of aryl methyl sites for hydroxylation is 1. The van der Waals surface area contributed by atoms with Gasteiger partial charge >= 0.3 is 0 Å². The minimum absolute atomic E-state index is 0.158. The maximum Gasteiger partial charge on any atom is 0.264 e. The summed E-state index contributed by atoms with van der Waals surface area (Å²) in [6.45, 7) is 10.1. The minimum Gasteiger partial charge on any atom is -0.490 e. The van der Waals surface area contributed by atoms with Crippen LogP contribution in [0.1, 0.15) is 67.4 Å². The monoisotopic (exact) mass is 594 g/mol. The molecule has 0 saturated heterocycles. The summed E-state index contributed by atoms with van der Waals surface area (Å²) in [6, 6.07) is 11.5. The first-order chi connectivity index (χ1) is 19.6. The zero-order valence-corrected chi connectivity index (χ0v) is 25.4. The quantitative estimate of drug-likeness (QED) is 0.380. The van der Waals surface area contributed by atoms with Crippen molar-refractivity contribution < 1.29 is 17.9 Å². The van der Waals surface area contributed by atoms with Gasteiger partial charge in [-0.15, -0.1) is 0 Å². The van der Waals surface area contributed by atoms with E-state index in [0.29, 0.717) is 30.4 Å². The number of anilines is 1. The van der Waals surface area contributed by atoms with Gasteiger partial charge in [0.2, 0.25) is 10.0 Å². The van der Waals surface area contributed by atoms with Crippen molar-refractivity contribution in [3.05, 3.63) is 82.4 Å². The Hall–Kier alpha value is -2.77. The fraction of sp³-hybridized carbons (Fsp3) is 0.485. The molecular formula is C33H39ClN2O4S. The van der Waals surface area contributed by atoms with E-state index in [2.05, 4.69) is 34.4 Å². The standard InChI is InChI=1S/C33H39ClN2O4S/c1-21-6-4-7-22(2)28-12-9-26(28)18-36-19-33(15-5-8-24-16-27(34)11-13-29(24)33)20-40-31-14-10-25(17-30(31)36)32(37)35-41(38,39)23(21)3/h4,7,10-11,13-14,16-17,21,23,26,28H,2,5-6,8-9,12,15,18-20H2,1,3H3,(H,35,37)/b7-4+/t21-,23+,26-,28-,33-/m0/s1. The Morgan fingerprint density at radius 2 is 1.98 bits per heavy atom. The molecule has 6 nitrogen and oxygen atoms in total. The van der Waals surface area contributed by atoms with Gasteiger partial charge in [-0.1, -0.05) is 48.9 Å². The van der Waals surface area contributed by atoms with E-state index in [-0.39, 0.29) is 11.3 Å². The number of hydrogen-bond donors (Lipinski definition) is 1. The molecule has 4 aliphatic rings. The van der Waals surface area contributed by atoms with Gasteiger partial charge in [0.05, 0.1) is 17.5 Å². The molecule has 2 aromatic rings. The fourth-order valence-electron chi connectivity index (χ4n) is 7.15. The molecule has 2 heterocycles. The zero-order chi connectivity index (χ0) is 28.9. The number of carbonyl (C=O) groups excluding carboxylic acids is 1. The number of rotatable bonds is 0. The molecule has 218 valence electrons. The molecule has 41 heavy (non-hydrogen) atoms. The highest BCUT2D eigenvalue weighted by Gasteiger charge is 2.43. The predicted molar refractivity (Wildman–Crippen MR) is 164 cm³/mol. The van der Waals surface area contributed by atoms with Crippen molar-refractivity contribution in [3.63, 3.8) is 0 Å². The van der Waals surface area contributed by atoms with E-state index < -0.39 is 21.2 Å². The second kappa shape index (κ2) is 10.8. The van der Waals surface area contributed by atoms with E-state index in [9.17, 15) is 13.2 Å². The number of halogens is 1. The molecule has 1 N–H and O–H groups in total. The lowest BCUT2D eigenvalue weighted by Gasteiger charge is -2.45. The Morgan fingerprint density at radius 3 is 2.76 bits per heavy atom. The maximum atomic E-state index is 13.3. The largest absolute Gasteiger partial charge is 0.490 e. The van der Waals surface area contributed by atoms with Crippen molar-refractivity contribution in [3.8, 4) is 5.75 Å². The second-order valence-electron chi connectivity index (χ2n) is 12.6. The fourth-order valence-corrected chi connectivity index (χ4v) is 8.63. The Balaban J connectivity index is 1.43. The summed E-state index contributed by atoms with van der Waals surface area (Å²) in [7, 11) is -3.87. The number of carbonyl (C=O) groups is 1. The summed E-state index contributed by atoms with van der Waals surface area (Å²) in [5, 5.41) is 0.0240. The van der Waals surface area contributed by atoms with Gasteiger partial charge in [-0.25, -0.2) is 13.1 Å². The van der Waals surface area contributed by atoms with Crippen LogP contribution in [0.3, 0.4) is 0 Å². The van der Waals surface area contributed by atoms with Gasteiger partial charge in [0.25, 0.3) is 5.91 Å². The maximum absolute atomic E-state index is 13.3. The number of nitrogens with one attached hydrogen (secondary N) is 1. The Kier molecular flexibility index (Phi) is 7.48. The lowest BCUT2D eigenvalue weighted by atomic mass is 9.68. The van der Waals surface area contributed by atoms with Crippen LogP contribution in [-0.2, 0) is 21.9 Å². The third-order valence-electron chi connectivity index (χ3n) is 10.0. The first-order valence-electron chi connectivity index (χ1n) is 14.8. The Labute approximate surface area is 248 Å². The van der Waals surface area contributed by atoms with Gasteiger partial charge < -0.3 is 9.64 Å². The van der Waals surface area contributed by atoms with Crippen molar-refractivity contribution in [2.75, 3.05) is 24.6 Å². The van der Waals surface area contributed by atoms with Gasteiger partial charge in [0.15, 0.2) is 0 Å². The topological polar surface area (TPSA) is 75.7 Å². The molecule has 2 bridgehead atoms. The minimum atomic E-state index is -3.87. The molecule has 2 aliphatic carbocycles. The zero-order valence-electron chi connectivity index (χ0n) is 23.9. The normalized spacial score (nSPS) is 32.0. The Bertz CT molecular complexity index is 1520. The number of hydrogen-bond acceptors (Lipinski definition) is 5. The molecule has 5 atom stereocenters. The summed E-state index contributed by atoms with van der Waals surface area (Å²) >= 11 is 6.39. The number of amides is 1. The van der Waals surface area contributed by atoms with Crippen LogP contribution < -0.4 is 14.4 Å². The number of fused-ring (bicyclic) bond motifs is 4. The van der Waals surface area contributed by atoms with Gasteiger partial charge in [0.1, 0.15) is 5.75 Å². The third kappa shape index (κ3) is 5.32. The molecule has 1 fully saturated rings. The van der Waals surface area contributed by atoms with Gasteiger partial charge in [-0.05, 0) is 105 Å². The van der Waals surface area contributed by atoms with E-state index in [4.69, 9.17) is 16.3 Å². The highest BCUT2D eigenvalue weighted by molar-refractivity contribution is 7.90. The van der Waals surface area contributed by atoms with Crippen LogP contribution in [0.4, 0.5) is 5.69 Å². The average Bonchev–Trinajstić information content (AvgIpc) is 3.06. The molecule has 1 saturated carbocycles. The van der Waals surface area contributed by atoms with E-state index in [1.807, 2.05) is 31.2 Å². The highest BCUT2D eigenvalue weighted by atomic mass is 35.5. The van der Waals surface area contributed by atoms with Gasteiger partial charge in [-0.2, -0.15) is 0 Å². The molecule has 0 radical (unpaired) electrons. The van der Waals surface area contributed by atoms with Crippen LogP contribution in [-0.4, -0.2) is 39.3 Å². The summed E-state index contributed by atoms with van der Waals surface area (Å²) in [4.78, 5) is 15.7. The summed E-state index contributed by atoms with van der Waals surface area (Å²) in [6.07, 6.45) is 9.99. The number of nitrogens with zero attached hydrogens (tertiary/aromatic N) is 1. The van der Waals surface area contributed by atoms with E-state index >= 15 is 0 Å². The molecule has 1 amide bonds. The summed E-state index contributed by atoms with van der Waals surface area (Å²) in [5.74, 6) is 0.768. The molecule has 2 aromatic carbocycles. The number of benzene rings is 2. The van der Waals surface area contributed by atoms with Crippen LogP contribution in [0, 0.1) is 17.8 Å². The lowest BCUT2D eigenvalue weighted by Crippen LogP contribution is -2.48. The molecule has 2 aliphatic heterocycles. The molecule has 8 heteroatoms. The lowest BCUT2D eigenvalue weighted by molar-refractivity contribution is 0.0981. The SMILES string of the molecule is C=C1/C=C/C[C@H](C)[C@@H](C)S(=O)(=O)NC(=O)c2ccc3c(c2)N(C[C@@H]2CC[C@@H]12)C[C@@]1(CCCc2cc(Cl)ccc21)CO3. The molecular weight excluding hydrogens is 556 g/mol. The van der Waals surface area contributed by atoms with Crippen LogP contribution in [0.2, 0.25) is 5.02 Å². The van der Waals surface area contributed by atoms with Crippen molar-refractivity contribution in [2.45, 2.75) is 63.0 Å². The van der Waals surface area contributed by atoms with E-state index in [1.54, 1.807) is 13.0 Å². The molecule has 0 aromatic heterocycles. The van der Waals surface area contributed by atoms with Gasteiger partial charge in [-0.3, -0.25) is 4.79 Å². The predicted octanol–water partition coefficient (Wildman–Crippen LogP) is 6.44. The highest BCUT2D eigenvalue weighted by Crippen LogP contribution is 2.47. The van der Waals surface area contributed by atoms with Crippen molar-refractivity contribution >= 4 is 33.2 Å². The van der Waals surface area contributed by atoms with Crippen LogP contribution >= 0.6 is 11.6 Å². The molecule has 6 rings (SSSR count). The van der Waals surface area contributed by atoms with Crippen molar-refractivity contribution in [1.82, 2.24) is 4.72 Å².